The highest BCUT2D eigenvalue weighted by molar-refractivity contribution is 7.99. The second-order valence-corrected chi connectivity index (χ2v) is 11.7. The van der Waals surface area contributed by atoms with Crippen LogP contribution in [0.2, 0.25) is 0 Å². The summed E-state index contributed by atoms with van der Waals surface area (Å²) in [6.45, 7) is 1.26. The van der Waals surface area contributed by atoms with Gasteiger partial charge in [0.1, 0.15) is 17.2 Å². The molecule has 3 heterocycles. The molecule has 0 bridgehead atoms. The topological polar surface area (TPSA) is 70.7 Å². The number of anilines is 1. The number of piperidine rings is 1. The van der Waals surface area contributed by atoms with Gasteiger partial charge >= 0.3 is 0 Å². The van der Waals surface area contributed by atoms with Crippen LogP contribution in [0.25, 0.3) is 33.2 Å². The van der Waals surface area contributed by atoms with Crippen molar-refractivity contribution in [2.75, 3.05) is 37.7 Å². The third-order valence-corrected chi connectivity index (χ3v) is 9.03. The Morgan fingerprint density at radius 1 is 1.10 bits per heavy atom. The Labute approximate surface area is 248 Å². The van der Waals surface area contributed by atoms with Gasteiger partial charge in [0.15, 0.2) is 0 Å². The molecule has 3 aromatic carbocycles. The molecule has 2 aromatic heterocycles. The fourth-order valence-electron chi connectivity index (χ4n) is 6.10. The van der Waals surface area contributed by atoms with Gasteiger partial charge in [-0.25, -0.2) is 4.39 Å². The van der Waals surface area contributed by atoms with E-state index in [4.69, 9.17) is 4.42 Å². The maximum atomic E-state index is 13.9. The number of aromatic nitrogens is 1. The molecule has 1 aliphatic rings. The minimum absolute atomic E-state index is 0.0327. The molecule has 0 saturated carbocycles. The van der Waals surface area contributed by atoms with Gasteiger partial charge in [0.2, 0.25) is 0 Å². The first kappa shape index (κ1) is 27.9. The summed E-state index contributed by atoms with van der Waals surface area (Å²) < 4.78 is 24.1. The number of nitrogens with zero attached hydrogens (tertiary/aromatic N) is 3. The third-order valence-electron chi connectivity index (χ3n) is 8.29. The lowest BCUT2D eigenvalue weighted by Gasteiger charge is -2.35. The number of hydrogen-bond donors (Lipinski definition) is 1. The maximum absolute atomic E-state index is 13.9. The molecule has 1 fully saturated rings. The lowest BCUT2D eigenvalue weighted by Crippen LogP contribution is -2.39. The van der Waals surface area contributed by atoms with Crippen molar-refractivity contribution in [3.05, 3.63) is 89.4 Å². The molecule has 9 heteroatoms. The number of halogens is 1. The summed E-state index contributed by atoms with van der Waals surface area (Å²) in [6, 6.07) is 18.0. The highest BCUT2D eigenvalue weighted by Crippen LogP contribution is 2.42. The van der Waals surface area contributed by atoms with Gasteiger partial charge in [-0.05, 0) is 54.8 Å². The highest BCUT2D eigenvalue weighted by Gasteiger charge is 2.31. The molecule has 7 nitrogen and oxygen atoms in total. The third kappa shape index (κ3) is 4.81. The molecule has 0 aliphatic carbocycles. The number of rotatable bonds is 6. The molecule has 42 heavy (non-hydrogen) atoms. The van der Waals surface area contributed by atoms with Gasteiger partial charge in [-0.2, -0.15) is 0 Å². The minimum atomic E-state index is -0.359. The minimum Gasteiger partial charge on any atom is -0.455 e. The van der Waals surface area contributed by atoms with Crippen molar-refractivity contribution in [1.82, 2.24) is 14.8 Å². The van der Waals surface area contributed by atoms with E-state index < -0.39 is 0 Å². The molecule has 0 unspecified atom stereocenters. The van der Waals surface area contributed by atoms with E-state index in [0.717, 1.165) is 35.0 Å². The number of carbonyl (C=O) groups excluding carboxylic acids is 2. The van der Waals surface area contributed by atoms with Gasteiger partial charge in [0.25, 0.3) is 11.8 Å². The van der Waals surface area contributed by atoms with Crippen LogP contribution in [-0.2, 0) is 7.05 Å². The number of likely N-dealkylation sites (tertiary alicyclic amines) is 1. The van der Waals surface area contributed by atoms with Crippen LogP contribution in [0, 0.1) is 5.82 Å². The Balaban J connectivity index is 1.44. The molecule has 2 amide bonds. The van der Waals surface area contributed by atoms with E-state index in [0.29, 0.717) is 46.5 Å². The fourth-order valence-corrected chi connectivity index (χ4v) is 6.45. The Hall–Kier alpha value is -4.24. The van der Waals surface area contributed by atoms with Crippen molar-refractivity contribution in [2.24, 2.45) is 7.05 Å². The summed E-state index contributed by atoms with van der Waals surface area (Å²) in [7, 11) is 5.55. The van der Waals surface area contributed by atoms with Crippen molar-refractivity contribution in [3.63, 3.8) is 0 Å². The SMILES string of the molecule is CNC(=O)c1c(-c2ccc(F)cc2)oc2cc(N(C)SC)c([C@H]3CCCN(C(=O)c4cn(C)c5ccccc45)C3)cc12. The number of benzene rings is 3. The van der Waals surface area contributed by atoms with Gasteiger partial charge in [0.05, 0.1) is 16.8 Å². The quantitative estimate of drug-likeness (QED) is 0.222. The molecule has 5 aromatic rings. The summed E-state index contributed by atoms with van der Waals surface area (Å²) in [6.07, 6.45) is 5.72. The van der Waals surface area contributed by atoms with Gasteiger partial charge in [-0.3, -0.25) is 9.59 Å². The van der Waals surface area contributed by atoms with E-state index in [-0.39, 0.29) is 23.5 Å². The molecule has 216 valence electrons. The molecule has 6 rings (SSSR count). The Morgan fingerprint density at radius 2 is 1.86 bits per heavy atom. The summed E-state index contributed by atoms with van der Waals surface area (Å²) in [5.74, 6) is -0.141. The van der Waals surface area contributed by atoms with Gasteiger partial charge in [0, 0.05) is 80.5 Å². The molecular formula is C33H33FN4O3S. The zero-order valence-electron chi connectivity index (χ0n) is 24.1. The van der Waals surface area contributed by atoms with E-state index in [1.165, 1.54) is 12.1 Å². The first-order valence-corrected chi connectivity index (χ1v) is 15.2. The van der Waals surface area contributed by atoms with Crippen molar-refractivity contribution in [2.45, 2.75) is 18.8 Å². The highest BCUT2D eigenvalue weighted by atomic mass is 32.2. The van der Waals surface area contributed by atoms with Crippen LogP contribution in [0.5, 0.6) is 0 Å². The molecule has 1 aliphatic heterocycles. The molecule has 0 radical (unpaired) electrons. The van der Waals surface area contributed by atoms with E-state index in [1.807, 2.05) is 66.3 Å². The number of amides is 2. The molecule has 1 saturated heterocycles. The van der Waals surface area contributed by atoms with Crippen molar-refractivity contribution in [3.8, 4) is 11.3 Å². The van der Waals surface area contributed by atoms with Crippen LogP contribution in [0.3, 0.4) is 0 Å². The number of aryl methyl sites for hydroxylation is 1. The predicted octanol–water partition coefficient (Wildman–Crippen LogP) is 6.82. The first-order chi connectivity index (χ1) is 20.3. The van der Waals surface area contributed by atoms with Crippen LogP contribution < -0.4 is 9.62 Å². The zero-order chi connectivity index (χ0) is 29.5. The maximum Gasteiger partial charge on any atom is 0.256 e. The lowest BCUT2D eigenvalue weighted by molar-refractivity contribution is 0.0709. The van der Waals surface area contributed by atoms with Gasteiger partial charge < -0.3 is 23.5 Å². The van der Waals surface area contributed by atoms with Crippen molar-refractivity contribution < 1.29 is 18.4 Å². The second kappa shape index (κ2) is 11.2. The lowest BCUT2D eigenvalue weighted by atomic mass is 9.87. The number of para-hydroxylation sites is 1. The molecule has 0 spiro atoms. The largest absolute Gasteiger partial charge is 0.455 e. The Bertz CT molecular complexity index is 1810. The van der Waals surface area contributed by atoms with Crippen LogP contribution in [0.4, 0.5) is 10.1 Å². The van der Waals surface area contributed by atoms with Gasteiger partial charge in [-0.1, -0.05) is 30.1 Å². The summed E-state index contributed by atoms with van der Waals surface area (Å²) in [5.41, 5.74) is 5.39. The second-order valence-electron chi connectivity index (χ2n) is 10.7. The van der Waals surface area contributed by atoms with E-state index in [1.54, 1.807) is 31.1 Å². The van der Waals surface area contributed by atoms with E-state index in [9.17, 15) is 14.0 Å². The number of carbonyl (C=O) groups is 2. The average Bonchev–Trinajstić information content (AvgIpc) is 3.57. The van der Waals surface area contributed by atoms with E-state index in [2.05, 4.69) is 15.7 Å². The number of fused-ring (bicyclic) bond motifs is 2. The summed E-state index contributed by atoms with van der Waals surface area (Å²) in [5, 5.41) is 4.39. The normalized spacial score (nSPS) is 15.4. The van der Waals surface area contributed by atoms with Crippen molar-refractivity contribution in [1.29, 1.82) is 0 Å². The van der Waals surface area contributed by atoms with Crippen LogP contribution in [0.15, 0.2) is 71.3 Å². The molecule has 1 N–H and O–H groups in total. The average molecular weight is 585 g/mol. The number of hydrogen-bond acceptors (Lipinski definition) is 5. The summed E-state index contributed by atoms with van der Waals surface area (Å²) >= 11 is 1.58. The Kier molecular flexibility index (Phi) is 7.45. The fraction of sp³-hybridized carbons (Fsp3) is 0.273. The monoisotopic (exact) mass is 584 g/mol. The van der Waals surface area contributed by atoms with Crippen LogP contribution in [-0.4, -0.2) is 54.7 Å². The molecule has 1 atom stereocenters. The predicted molar refractivity (Wildman–Crippen MR) is 168 cm³/mol. The standard InChI is InChI=1S/C33H33FN4O3S/c1-35-32(39)30-25-16-24(28(37(3)42-4)17-29(25)41-31(30)20-11-13-22(34)14-12-20)21-8-7-15-38(18-21)33(40)26-19-36(2)27-10-6-5-9-23(26)27/h5-6,9-14,16-17,19,21H,7-8,15,18H2,1-4H3,(H,35,39)/t21-/m0/s1. The van der Waals surface area contributed by atoms with E-state index >= 15 is 0 Å². The first-order valence-electron chi connectivity index (χ1n) is 14.0. The number of furan rings is 1. The Morgan fingerprint density at radius 3 is 2.60 bits per heavy atom. The smallest absolute Gasteiger partial charge is 0.256 e. The van der Waals surface area contributed by atoms with Crippen LogP contribution in [0.1, 0.15) is 45.0 Å². The van der Waals surface area contributed by atoms with Crippen LogP contribution >= 0.6 is 11.9 Å². The van der Waals surface area contributed by atoms with Gasteiger partial charge in [-0.15, -0.1) is 0 Å². The number of nitrogens with one attached hydrogen (secondary N) is 1. The summed E-state index contributed by atoms with van der Waals surface area (Å²) in [4.78, 5) is 29.0. The molecular weight excluding hydrogens is 551 g/mol. The van der Waals surface area contributed by atoms with Crippen molar-refractivity contribution >= 4 is 51.3 Å². The zero-order valence-corrected chi connectivity index (χ0v) is 24.9.